The lowest BCUT2D eigenvalue weighted by atomic mass is 9.86. The van der Waals surface area contributed by atoms with Gasteiger partial charge in [-0.1, -0.05) is 45.0 Å². The average Bonchev–Trinajstić information content (AvgIpc) is 2.81. The Bertz CT molecular complexity index is 583. The number of benzene rings is 1. The van der Waals surface area contributed by atoms with Crippen LogP contribution in [0.5, 0.6) is 0 Å². The van der Waals surface area contributed by atoms with E-state index in [2.05, 4.69) is 45.0 Å². The molecule has 0 fully saturated rings. The monoisotopic (exact) mass is 346 g/mol. The summed E-state index contributed by atoms with van der Waals surface area (Å²) in [6.07, 6.45) is 2.80. The maximum Gasteiger partial charge on any atom is 0.303 e. The summed E-state index contributed by atoms with van der Waals surface area (Å²) in [5.74, 6) is 1.51. The fraction of sp³-hybridized carbons (Fsp3) is 0.636. The van der Waals surface area contributed by atoms with Crippen molar-refractivity contribution in [3.8, 4) is 0 Å². The Morgan fingerprint density at radius 1 is 1.24 bits per heavy atom. The predicted molar refractivity (Wildman–Crippen MR) is 103 cm³/mol. The van der Waals surface area contributed by atoms with Gasteiger partial charge in [0.25, 0.3) is 0 Å². The molecule has 0 aliphatic heterocycles. The van der Waals surface area contributed by atoms with Crippen LogP contribution in [0.1, 0.15) is 78.4 Å². The highest BCUT2D eigenvalue weighted by molar-refractivity contribution is 5.81. The molecule has 1 aliphatic rings. The Labute approximate surface area is 153 Å². The molecule has 3 atom stereocenters. The number of rotatable bonds is 4. The zero-order valence-electron chi connectivity index (χ0n) is 16.9. The summed E-state index contributed by atoms with van der Waals surface area (Å²) >= 11 is 0. The maximum atomic E-state index is 12.0. The van der Waals surface area contributed by atoms with E-state index in [1.165, 1.54) is 18.1 Å². The minimum atomic E-state index is -0.328. The van der Waals surface area contributed by atoms with Gasteiger partial charge in [-0.25, -0.2) is 0 Å². The van der Waals surface area contributed by atoms with Crippen LogP contribution in [0.15, 0.2) is 24.3 Å². The summed E-state index contributed by atoms with van der Waals surface area (Å²) in [6.45, 7) is 13.3. The number of ketones is 1. The van der Waals surface area contributed by atoms with Crippen molar-refractivity contribution in [2.75, 3.05) is 0 Å². The van der Waals surface area contributed by atoms with Gasteiger partial charge in [-0.2, -0.15) is 0 Å². The molecular weight excluding hydrogens is 312 g/mol. The van der Waals surface area contributed by atoms with E-state index in [-0.39, 0.29) is 17.5 Å². The molecular formula is C22H34O3. The minimum Gasteiger partial charge on any atom is -0.460 e. The molecule has 0 heterocycles. The van der Waals surface area contributed by atoms with E-state index in [1.54, 1.807) is 0 Å². The highest BCUT2D eigenvalue weighted by atomic mass is 16.6. The zero-order valence-corrected chi connectivity index (χ0v) is 16.9. The predicted octanol–water partition coefficient (Wildman–Crippen LogP) is 5.32. The standard InChI is InChI=1S/C16H22O.C6H12O2/c1-4-11(2)16(17)10-14-9-13-7-5-6-8-15(13)12(14)3;1-5(7)8-6(2,3)4/h5-8,11-12,14H,4,9-10H2,1-3H3;1-4H3. The number of carbonyl (C=O) groups is 2. The lowest BCUT2D eigenvalue weighted by Crippen LogP contribution is -2.21. The number of ether oxygens (including phenoxy) is 1. The van der Waals surface area contributed by atoms with Crippen LogP contribution in [0.2, 0.25) is 0 Å². The Morgan fingerprint density at radius 2 is 1.84 bits per heavy atom. The Balaban J connectivity index is 0.000000333. The van der Waals surface area contributed by atoms with Crippen molar-refractivity contribution in [1.29, 1.82) is 0 Å². The Hall–Kier alpha value is -1.64. The fourth-order valence-electron chi connectivity index (χ4n) is 3.24. The summed E-state index contributed by atoms with van der Waals surface area (Å²) in [6, 6.07) is 8.63. The van der Waals surface area contributed by atoms with Gasteiger partial charge in [-0.15, -0.1) is 0 Å². The molecule has 3 heteroatoms. The molecule has 0 bridgehead atoms. The average molecular weight is 347 g/mol. The smallest absolute Gasteiger partial charge is 0.303 e. The minimum absolute atomic E-state index is 0.225. The van der Waals surface area contributed by atoms with Crippen LogP contribution in [0.3, 0.4) is 0 Å². The van der Waals surface area contributed by atoms with Crippen molar-refractivity contribution in [1.82, 2.24) is 0 Å². The molecule has 1 aromatic rings. The lowest BCUT2D eigenvalue weighted by Gasteiger charge is -2.17. The second-order valence-electron chi connectivity index (χ2n) is 8.14. The van der Waals surface area contributed by atoms with Gasteiger partial charge in [0.2, 0.25) is 0 Å². The van der Waals surface area contributed by atoms with E-state index in [0.717, 1.165) is 19.3 Å². The first-order valence-electron chi connectivity index (χ1n) is 9.35. The first kappa shape index (κ1) is 21.4. The third-order valence-corrected chi connectivity index (χ3v) is 4.81. The highest BCUT2D eigenvalue weighted by Gasteiger charge is 2.30. The number of fused-ring (bicyclic) bond motifs is 1. The largest absolute Gasteiger partial charge is 0.460 e. The number of Topliss-reactive ketones (excluding diaryl/α,β-unsaturated/α-hetero) is 1. The van der Waals surface area contributed by atoms with Gasteiger partial charge < -0.3 is 4.74 Å². The first-order chi connectivity index (χ1) is 11.5. The van der Waals surface area contributed by atoms with Crippen molar-refractivity contribution in [3.05, 3.63) is 35.4 Å². The molecule has 25 heavy (non-hydrogen) atoms. The molecule has 0 spiro atoms. The van der Waals surface area contributed by atoms with Gasteiger partial charge in [0, 0.05) is 19.3 Å². The molecule has 3 nitrogen and oxygen atoms in total. The van der Waals surface area contributed by atoms with E-state index in [0.29, 0.717) is 17.6 Å². The van der Waals surface area contributed by atoms with Crippen LogP contribution < -0.4 is 0 Å². The summed E-state index contributed by atoms with van der Waals surface area (Å²) < 4.78 is 4.80. The summed E-state index contributed by atoms with van der Waals surface area (Å²) in [5, 5.41) is 0. The molecule has 1 aromatic carbocycles. The molecule has 0 aromatic heterocycles. The van der Waals surface area contributed by atoms with Gasteiger partial charge in [-0.3, -0.25) is 9.59 Å². The molecule has 0 amide bonds. The molecule has 0 N–H and O–H groups in total. The van der Waals surface area contributed by atoms with Crippen LogP contribution in [0.25, 0.3) is 0 Å². The number of hydrogen-bond acceptors (Lipinski definition) is 3. The molecule has 3 unspecified atom stereocenters. The van der Waals surface area contributed by atoms with Gasteiger partial charge in [-0.05, 0) is 56.6 Å². The van der Waals surface area contributed by atoms with Crippen molar-refractivity contribution in [3.63, 3.8) is 0 Å². The third-order valence-electron chi connectivity index (χ3n) is 4.81. The van der Waals surface area contributed by atoms with E-state index in [9.17, 15) is 9.59 Å². The van der Waals surface area contributed by atoms with Crippen LogP contribution in [-0.4, -0.2) is 17.4 Å². The van der Waals surface area contributed by atoms with Gasteiger partial charge in [0.15, 0.2) is 0 Å². The van der Waals surface area contributed by atoms with Crippen molar-refractivity contribution in [2.24, 2.45) is 11.8 Å². The molecule has 1 aliphatic carbocycles. The maximum absolute atomic E-state index is 12.0. The molecule has 0 saturated heterocycles. The second-order valence-corrected chi connectivity index (χ2v) is 8.14. The number of carbonyl (C=O) groups excluding carboxylic acids is 2. The third kappa shape index (κ3) is 7.01. The molecule has 0 radical (unpaired) electrons. The molecule has 2 rings (SSSR count). The topological polar surface area (TPSA) is 43.4 Å². The van der Waals surface area contributed by atoms with E-state index < -0.39 is 0 Å². The van der Waals surface area contributed by atoms with Gasteiger partial charge in [0.1, 0.15) is 11.4 Å². The summed E-state index contributed by atoms with van der Waals surface area (Å²) in [4.78, 5) is 22.3. The fourth-order valence-corrected chi connectivity index (χ4v) is 3.24. The van der Waals surface area contributed by atoms with E-state index >= 15 is 0 Å². The van der Waals surface area contributed by atoms with E-state index in [1.807, 2.05) is 20.8 Å². The first-order valence-corrected chi connectivity index (χ1v) is 9.35. The summed E-state index contributed by atoms with van der Waals surface area (Å²) in [5.41, 5.74) is 2.57. The zero-order chi connectivity index (χ0) is 19.2. The molecule has 140 valence electrons. The number of esters is 1. The van der Waals surface area contributed by atoms with Gasteiger partial charge in [0.05, 0.1) is 0 Å². The van der Waals surface area contributed by atoms with E-state index in [4.69, 9.17) is 4.74 Å². The second kappa shape index (κ2) is 9.17. The summed E-state index contributed by atoms with van der Waals surface area (Å²) in [7, 11) is 0. The number of hydrogen-bond donors (Lipinski definition) is 0. The van der Waals surface area contributed by atoms with Crippen LogP contribution in [0, 0.1) is 11.8 Å². The highest BCUT2D eigenvalue weighted by Crippen LogP contribution is 2.39. The van der Waals surface area contributed by atoms with Crippen LogP contribution in [0.4, 0.5) is 0 Å². The van der Waals surface area contributed by atoms with Crippen molar-refractivity contribution < 1.29 is 14.3 Å². The lowest BCUT2D eigenvalue weighted by molar-refractivity contribution is -0.151. The van der Waals surface area contributed by atoms with Crippen LogP contribution in [-0.2, 0) is 20.7 Å². The SMILES string of the molecule is CC(=O)OC(C)(C)C.CCC(C)C(=O)CC1Cc2ccccc2C1C. The normalized spacial score (nSPS) is 20.1. The van der Waals surface area contributed by atoms with Crippen LogP contribution >= 0.6 is 0 Å². The quantitative estimate of drug-likeness (QED) is 0.693. The molecule has 0 saturated carbocycles. The Kier molecular flexibility index (Phi) is 7.85. The van der Waals surface area contributed by atoms with Crippen molar-refractivity contribution >= 4 is 11.8 Å². The van der Waals surface area contributed by atoms with Gasteiger partial charge >= 0.3 is 5.97 Å². The Morgan fingerprint density at radius 3 is 2.28 bits per heavy atom. The van der Waals surface area contributed by atoms with Crippen molar-refractivity contribution in [2.45, 2.75) is 79.2 Å².